The van der Waals surface area contributed by atoms with E-state index in [1.807, 2.05) is 25.1 Å². The highest BCUT2D eigenvalue weighted by molar-refractivity contribution is 5.84. The van der Waals surface area contributed by atoms with Crippen molar-refractivity contribution < 1.29 is 4.74 Å². The number of rotatable bonds is 1. The van der Waals surface area contributed by atoms with Crippen molar-refractivity contribution in [3.63, 3.8) is 0 Å². The third-order valence-corrected chi connectivity index (χ3v) is 2.47. The Hall–Kier alpha value is -1.57. The van der Waals surface area contributed by atoms with Gasteiger partial charge in [0.05, 0.1) is 18.3 Å². The number of nitrogens with zero attached hydrogens (tertiary/aromatic N) is 1. The maximum atomic E-state index is 5.32. The van der Waals surface area contributed by atoms with Gasteiger partial charge in [0.25, 0.3) is 0 Å². The van der Waals surface area contributed by atoms with Crippen LogP contribution in [-0.2, 0) is 0 Å². The first-order valence-corrected chi connectivity index (χ1v) is 4.64. The maximum absolute atomic E-state index is 5.32. The molecular formula is C12H13NO. The average Bonchev–Trinajstić information content (AvgIpc) is 2.18. The summed E-state index contributed by atoms with van der Waals surface area (Å²) in [5, 5.41) is 1.16. The fraction of sp³-hybridized carbons (Fsp3) is 0.250. The van der Waals surface area contributed by atoms with E-state index in [1.54, 1.807) is 7.11 Å². The summed E-state index contributed by atoms with van der Waals surface area (Å²) in [4.78, 5) is 4.48. The zero-order valence-corrected chi connectivity index (χ0v) is 8.66. The van der Waals surface area contributed by atoms with Crippen molar-refractivity contribution in [2.75, 3.05) is 7.11 Å². The summed E-state index contributed by atoms with van der Waals surface area (Å²) in [5.41, 5.74) is 3.14. The second kappa shape index (κ2) is 3.29. The Morgan fingerprint density at radius 3 is 2.57 bits per heavy atom. The summed E-state index contributed by atoms with van der Waals surface area (Å²) in [6.45, 7) is 4.04. The fourth-order valence-electron chi connectivity index (χ4n) is 1.81. The summed E-state index contributed by atoms with van der Waals surface area (Å²) in [7, 11) is 1.69. The standard InChI is InChI=1S/C12H13NO/c1-8-10-6-4-5-7-11(10)13-9(2)12(8)14-3/h4-7H,1-3H3. The first-order valence-electron chi connectivity index (χ1n) is 4.64. The molecule has 0 aliphatic heterocycles. The molecule has 0 fully saturated rings. The number of hydrogen-bond acceptors (Lipinski definition) is 2. The summed E-state index contributed by atoms with van der Waals surface area (Å²) >= 11 is 0. The molecule has 0 amide bonds. The Morgan fingerprint density at radius 2 is 1.86 bits per heavy atom. The van der Waals surface area contributed by atoms with Crippen LogP contribution in [0.15, 0.2) is 24.3 Å². The lowest BCUT2D eigenvalue weighted by molar-refractivity contribution is 0.407. The number of pyridine rings is 1. The quantitative estimate of drug-likeness (QED) is 0.684. The molecule has 0 saturated heterocycles. The van der Waals surface area contributed by atoms with Gasteiger partial charge in [-0.05, 0) is 19.9 Å². The van der Waals surface area contributed by atoms with Crippen LogP contribution < -0.4 is 4.74 Å². The van der Waals surface area contributed by atoms with E-state index in [1.165, 1.54) is 0 Å². The molecule has 0 aliphatic carbocycles. The van der Waals surface area contributed by atoms with E-state index in [4.69, 9.17) is 4.74 Å². The van der Waals surface area contributed by atoms with Crippen LogP contribution >= 0.6 is 0 Å². The van der Waals surface area contributed by atoms with Crippen LogP contribution in [-0.4, -0.2) is 12.1 Å². The Kier molecular flexibility index (Phi) is 2.12. The van der Waals surface area contributed by atoms with Crippen LogP contribution in [0.1, 0.15) is 11.3 Å². The molecular weight excluding hydrogens is 174 g/mol. The molecule has 14 heavy (non-hydrogen) atoms. The third kappa shape index (κ3) is 1.23. The topological polar surface area (TPSA) is 22.1 Å². The number of aryl methyl sites for hydroxylation is 2. The van der Waals surface area contributed by atoms with Gasteiger partial charge in [0.2, 0.25) is 0 Å². The van der Waals surface area contributed by atoms with Crippen LogP contribution in [0.25, 0.3) is 10.9 Å². The lowest BCUT2D eigenvalue weighted by Gasteiger charge is -2.10. The van der Waals surface area contributed by atoms with Gasteiger partial charge in [0, 0.05) is 10.9 Å². The zero-order chi connectivity index (χ0) is 10.1. The summed E-state index contributed by atoms with van der Waals surface area (Å²) in [5.74, 6) is 0.892. The molecule has 0 aliphatic rings. The van der Waals surface area contributed by atoms with E-state index >= 15 is 0 Å². The highest BCUT2D eigenvalue weighted by atomic mass is 16.5. The van der Waals surface area contributed by atoms with Gasteiger partial charge < -0.3 is 4.74 Å². The summed E-state index contributed by atoms with van der Waals surface area (Å²) in [6, 6.07) is 8.11. The SMILES string of the molecule is COc1c(C)nc2ccccc2c1C. The molecule has 2 nitrogen and oxygen atoms in total. The number of methoxy groups -OCH3 is 1. The molecule has 1 aromatic heterocycles. The molecule has 0 spiro atoms. The van der Waals surface area contributed by atoms with E-state index in [0.29, 0.717) is 0 Å². The summed E-state index contributed by atoms with van der Waals surface area (Å²) in [6.07, 6.45) is 0. The lowest BCUT2D eigenvalue weighted by Crippen LogP contribution is -1.95. The van der Waals surface area contributed by atoms with Crippen LogP contribution in [0.2, 0.25) is 0 Å². The van der Waals surface area contributed by atoms with E-state index in [2.05, 4.69) is 18.0 Å². The van der Waals surface area contributed by atoms with Gasteiger partial charge in [-0.3, -0.25) is 0 Å². The minimum absolute atomic E-state index is 0.892. The lowest BCUT2D eigenvalue weighted by atomic mass is 10.1. The van der Waals surface area contributed by atoms with Crippen LogP contribution in [0.5, 0.6) is 5.75 Å². The van der Waals surface area contributed by atoms with E-state index < -0.39 is 0 Å². The number of para-hydroxylation sites is 1. The molecule has 2 rings (SSSR count). The zero-order valence-electron chi connectivity index (χ0n) is 8.66. The van der Waals surface area contributed by atoms with Gasteiger partial charge in [-0.2, -0.15) is 0 Å². The predicted molar refractivity (Wildman–Crippen MR) is 57.8 cm³/mol. The molecule has 1 heterocycles. The van der Waals surface area contributed by atoms with Crippen LogP contribution in [0.4, 0.5) is 0 Å². The van der Waals surface area contributed by atoms with Crippen molar-refractivity contribution in [1.82, 2.24) is 4.98 Å². The second-order valence-corrected chi connectivity index (χ2v) is 3.37. The number of aromatic nitrogens is 1. The summed E-state index contributed by atoms with van der Waals surface area (Å²) < 4.78 is 5.32. The molecule has 0 atom stereocenters. The molecule has 0 N–H and O–H groups in total. The van der Waals surface area contributed by atoms with Gasteiger partial charge in [-0.25, -0.2) is 4.98 Å². The number of fused-ring (bicyclic) bond motifs is 1. The van der Waals surface area contributed by atoms with Gasteiger partial charge in [0.15, 0.2) is 0 Å². The molecule has 72 valence electrons. The molecule has 0 saturated carbocycles. The fourth-order valence-corrected chi connectivity index (χ4v) is 1.81. The Labute approximate surface area is 83.5 Å². The van der Waals surface area contributed by atoms with Gasteiger partial charge in [-0.15, -0.1) is 0 Å². The molecule has 0 unspecified atom stereocenters. The van der Waals surface area contributed by atoms with Crippen molar-refractivity contribution in [2.45, 2.75) is 13.8 Å². The Morgan fingerprint density at radius 1 is 1.14 bits per heavy atom. The van der Waals surface area contributed by atoms with Crippen molar-refractivity contribution in [1.29, 1.82) is 0 Å². The minimum atomic E-state index is 0.892. The van der Waals surface area contributed by atoms with Crippen molar-refractivity contribution in [2.24, 2.45) is 0 Å². The molecule has 2 aromatic rings. The maximum Gasteiger partial charge on any atom is 0.143 e. The Balaban J connectivity index is 2.86. The molecule has 0 radical (unpaired) electrons. The predicted octanol–water partition coefficient (Wildman–Crippen LogP) is 2.86. The first-order chi connectivity index (χ1) is 6.74. The van der Waals surface area contributed by atoms with Crippen molar-refractivity contribution in [3.8, 4) is 5.75 Å². The number of ether oxygens (including phenoxy) is 1. The van der Waals surface area contributed by atoms with Gasteiger partial charge in [-0.1, -0.05) is 18.2 Å². The van der Waals surface area contributed by atoms with E-state index in [9.17, 15) is 0 Å². The minimum Gasteiger partial charge on any atom is -0.495 e. The van der Waals surface area contributed by atoms with Gasteiger partial charge >= 0.3 is 0 Å². The largest absolute Gasteiger partial charge is 0.495 e. The highest BCUT2D eigenvalue weighted by Crippen LogP contribution is 2.27. The Bertz CT molecular complexity index is 477. The molecule has 0 bridgehead atoms. The van der Waals surface area contributed by atoms with E-state index in [-0.39, 0.29) is 0 Å². The smallest absolute Gasteiger partial charge is 0.143 e. The first kappa shape index (κ1) is 9.00. The van der Waals surface area contributed by atoms with Crippen molar-refractivity contribution >= 4 is 10.9 Å². The van der Waals surface area contributed by atoms with Gasteiger partial charge in [0.1, 0.15) is 5.75 Å². The normalized spacial score (nSPS) is 10.5. The van der Waals surface area contributed by atoms with Crippen LogP contribution in [0, 0.1) is 13.8 Å². The molecule has 1 aromatic carbocycles. The monoisotopic (exact) mass is 187 g/mol. The number of hydrogen-bond donors (Lipinski definition) is 0. The number of benzene rings is 1. The van der Waals surface area contributed by atoms with E-state index in [0.717, 1.165) is 27.9 Å². The highest BCUT2D eigenvalue weighted by Gasteiger charge is 2.07. The third-order valence-electron chi connectivity index (χ3n) is 2.47. The second-order valence-electron chi connectivity index (χ2n) is 3.37. The van der Waals surface area contributed by atoms with Crippen LogP contribution in [0.3, 0.4) is 0 Å². The molecule has 2 heteroatoms. The van der Waals surface area contributed by atoms with Crippen molar-refractivity contribution in [3.05, 3.63) is 35.5 Å². The average molecular weight is 187 g/mol.